The first-order chi connectivity index (χ1) is 14.4. The molecule has 0 spiro atoms. The van der Waals surface area contributed by atoms with E-state index in [1.54, 1.807) is 4.31 Å². The lowest BCUT2D eigenvalue weighted by Crippen LogP contribution is -2.50. The zero-order valence-electron chi connectivity index (χ0n) is 19.0. The van der Waals surface area contributed by atoms with Crippen LogP contribution in [0, 0.1) is 5.92 Å². The van der Waals surface area contributed by atoms with Crippen LogP contribution in [0.15, 0.2) is 35.3 Å². The fraction of sp³-hybridized carbons (Fsp3) is 0.682. The topological polar surface area (TPSA) is 77.0 Å². The molecule has 2 aliphatic heterocycles. The van der Waals surface area contributed by atoms with E-state index in [4.69, 9.17) is 0 Å². The van der Waals surface area contributed by atoms with E-state index in [2.05, 4.69) is 57.8 Å². The molecule has 1 aromatic rings. The number of aliphatic imine (C=N–C) groups is 1. The molecule has 3 rings (SSSR count). The normalized spacial score (nSPS) is 21.3. The highest BCUT2D eigenvalue weighted by molar-refractivity contribution is 14.0. The maximum atomic E-state index is 11.7. The quantitative estimate of drug-likeness (QED) is 0.316. The standard InChI is InChI=1S/C22H37N5O2S.HI/c1-18(20-7-5-4-6-8-20)26-13-11-21(12-14-26)25-22(23-2)24-17-19-9-15-27(16-10-19)30(3,28)29;/h4-8,18-19,21H,9-17H2,1-3H3,(H2,23,24,25);1H. The number of piperidine rings is 2. The molecule has 0 aromatic heterocycles. The highest BCUT2D eigenvalue weighted by Gasteiger charge is 2.26. The van der Waals surface area contributed by atoms with Crippen LogP contribution in [0.2, 0.25) is 0 Å². The minimum atomic E-state index is -3.06. The number of benzene rings is 1. The number of hydrogen-bond acceptors (Lipinski definition) is 4. The van der Waals surface area contributed by atoms with Gasteiger partial charge in [0.05, 0.1) is 6.26 Å². The van der Waals surface area contributed by atoms with E-state index in [-0.39, 0.29) is 24.0 Å². The minimum absolute atomic E-state index is 0. The van der Waals surface area contributed by atoms with Gasteiger partial charge in [0.2, 0.25) is 10.0 Å². The van der Waals surface area contributed by atoms with Crippen molar-refractivity contribution in [1.29, 1.82) is 0 Å². The first kappa shape index (κ1) is 26.3. The number of halogens is 1. The molecular weight excluding hydrogens is 525 g/mol. The van der Waals surface area contributed by atoms with Gasteiger partial charge in [0.25, 0.3) is 0 Å². The predicted octanol–water partition coefficient (Wildman–Crippen LogP) is 2.67. The van der Waals surface area contributed by atoms with Gasteiger partial charge in [-0.3, -0.25) is 9.89 Å². The molecule has 2 heterocycles. The Kier molecular flexibility index (Phi) is 10.5. The van der Waals surface area contributed by atoms with Crippen molar-refractivity contribution >= 4 is 40.0 Å². The van der Waals surface area contributed by atoms with Crippen molar-refractivity contribution in [2.24, 2.45) is 10.9 Å². The molecule has 0 radical (unpaired) electrons. The van der Waals surface area contributed by atoms with E-state index < -0.39 is 10.0 Å². The Hall–Kier alpha value is -0.910. The van der Waals surface area contributed by atoms with Crippen LogP contribution in [0.3, 0.4) is 0 Å². The maximum absolute atomic E-state index is 11.7. The lowest BCUT2D eigenvalue weighted by atomic mass is 9.98. The van der Waals surface area contributed by atoms with Gasteiger partial charge in [0.1, 0.15) is 0 Å². The van der Waals surface area contributed by atoms with E-state index in [1.165, 1.54) is 11.8 Å². The zero-order chi connectivity index (χ0) is 21.6. The molecule has 0 amide bonds. The first-order valence-electron chi connectivity index (χ1n) is 11.1. The number of rotatable bonds is 6. The lowest BCUT2D eigenvalue weighted by molar-refractivity contribution is 0.158. The smallest absolute Gasteiger partial charge is 0.211 e. The lowest BCUT2D eigenvalue weighted by Gasteiger charge is -2.37. The third kappa shape index (κ3) is 7.87. The van der Waals surface area contributed by atoms with E-state index in [9.17, 15) is 8.42 Å². The van der Waals surface area contributed by atoms with Crippen LogP contribution < -0.4 is 10.6 Å². The molecule has 176 valence electrons. The molecule has 9 heteroatoms. The van der Waals surface area contributed by atoms with Crippen LogP contribution >= 0.6 is 24.0 Å². The summed E-state index contributed by atoms with van der Waals surface area (Å²) in [4.78, 5) is 6.95. The predicted molar refractivity (Wildman–Crippen MR) is 139 cm³/mol. The Morgan fingerprint density at radius 1 is 1.10 bits per heavy atom. The van der Waals surface area contributed by atoms with Crippen LogP contribution in [0.4, 0.5) is 0 Å². The summed E-state index contributed by atoms with van der Waals surface area (Å²) in [5.41, 5.74) is 1.38. The summed E-state index contributed by atoms with van der Waals surface area (Å²) in [5, 5.41) is 7.04. The maximum Gasteiger partial charge on any atom is 0.211 e. The zero-order valence-corrected chi connectivity index (χ0v) is 22.1. The molecule has 1 unspecified atom stereocenters. The van der Waals surface area contributed by atoms with Crippen molar-refractivity contribution in [3.8, 4) is 0 Å². The summed E-state index contributed by atoms with van der Waals surface area (Å²) in [7, 11) is -1.25. The van der Waals surface area contributed by atoms with Gasteiger partial charge in [-0.1, -0.05) is 30.3 Å². The molecule has 0 saturated carbocycles. The highest BCUT2D eigenvalue weighted by atomic mass is 127. The SMILES string of the molecule is CN=C(NCC1CCN(S(C)(=O)=O)CC1)NC1CCN(C(C)c2ccccc2)CC1.I. The third-order valence-electron chi connectivity index (χ3n) is 6.52. The molecular formula is C22H38IN5O2S. The van der Waals surface area contributed by atoms with Crippen molar-refractivity contribution in [2.75, 3.05) is 46.0 Å². The third-order valence-corrected chi connectivity index (χ3v) is 7.83. The number of likely N-dealkylation sites (tertiary alicyclic amines) is 1. The van der Waals surface area contributed by atoms with E-state index >= 15 is 0 Å². The van der Waals surface area contributed by atoms with Gasteiger partial charge in [-0.15, -0.1) is 24.0 Å². The molecule has 2 N–H and O–H groups in total. The van der Waals surface area contributed by atoms with Crippen molar-refractivity contribution in [3.05, 3.63) is 35.9 Å². The molecule has 1 atom stereocenters. The van der Waals surface area contributed by atoms with Gasteiger partial charge in [-0.05, 0) is 44.1 Å². The Morgan fingerprint density at radius 2 is 1.71 bits per heavy atom. The van der Waals surface area contributed by atoms with Crippen LogP contribution in [0.25, 0.3) is 0 Å². The van der Waals surface area contributed by atoms with Crippen LogP contribution in [0.5, 0.6) is 0 Å². The molecule has 0 bridgehead atoms. The monoisotopic (exact) mass is 563 g/mol. The Labute approximate surface area is 205 Å². The Morgan fingerprint density at radius 3 is 2.26 bits per heavy atom. The summed E-state index contributed by atoms with van der Waals surface area (Å²) < 4.78 is 24.9. The van der Waals surface area contributed by atoms with Crippen LogP contribution in [-0.2, 0) is 10.0 Å². The average molecular weight is 564 g/mol. The van der Waals surface area contributed by atoms with Crippen molar-refractivity contribution < 1.29 is 8.42 Å². The second-order valence-corrected chi connectivity index (χ2v) is 10.6. The Bertz CT molecular complexity index is 789. The van der Waals surface area contributed by atoms with Gasteiger partial charge < -0.3 is 10.6 Å². The van der Waals surface area contributed by atoms with Gasteiger partial charge in [-0.25, -0.2) is 12.7 Å². The van der Waals surface area contributed by atoms with E-state index in [0.29, 0.717) is 31.1 Å². The molecule has 2 saturated heterocycles. The molecule has 2 aliphatic rings. The second kappa shape index (κ2) is 12.4. The fourth-order valence-electron chi connectivity index (χ4n) is 4.45. The largest absolute Gasteiger partial charge is 0.356 e. The summed E-state index contributed by atoms with van der Waals surface area (Å²) >= 11 is 0. The summed E-state index contributed by atoms with van der Waals surface area (Å²) in [6.45, 7) is 6.52. The number of sulfonamides is 1. The van der Waals surface area contributed by atoms with Gasteiger partial charge in [0, 0.05) is 51.9 Å². The number of nitrogens with zero attached hydrogens (tertiary/aromatic N) is 3. The highest BCUT2D eigenvalue weighted by Crippen LogP contribution is 2.24. The molecule has 7 nitrogen and oxygen atoms in total. The molecule has 31 heavy (non-hydrogen) atoms. The number of nitrogens with one attached hydrogen (secondary N) is 2. The number of hydrogen-bond donors (Lipinski definition) is 2. The average Bonchev–Trinajstić information content (AvgIpc) is 2.77. The van der Waals surface area contributed by atoms with Crippen LogP contribution in [0.1, 0.15) is 44.2 Å². The molecule has 2 fully saturated rings. The number of guanidine groups is 1. The van der Waals surface area contributed by atoms with Gasteiger partial charge in [0.15, 0.2) is 5.96 Å². The summed E-state index contributed by atoms with van der Waals surface area (Å²) in [6.07, 6.45) is 5.29. The molecule has 1 aromatic carbocycles. The van der Waals surface area contributed by atoms with Crippen molar-refractivity contribution in [1.82, 2.24) is 19.8 Å². The van der Waals surface area contributed by atoms with Gasteiger partial charge >= 0.3 is 0 Å². The first-order valence-corrected chi connectivity index (χ1v) is 12.9. The van der Waals surface area contributed by atoms with E-state index in [0.717, 1.165) is 51.3 Å². The van der Waals surface area contributed by atoms with Crippen molar-refractivity contribution in [2.45, 2.75) is 44.7 Å². The molecule has 0 aliphatic carbocycles. The minimum Gasteiger partial charge on any atom is -0.356 e. The Balaban J connectivity index is 0.00000341. The van der Waals surface area contributed by atoms with Crippen LogP contribution in [-0.4, -0.2) is 75.7 Å². The summed E-state index contributed by atoms with van der Waals surface area (Å²) in [5.74, 6) is 1.34. The van der Waals surface area contributed by atoms with E-state index in [1.807, 2.05) is 7.05 Å². The fourth-order valence-corrected chi connectivity index (χ4v) is 5.32. The van der Waals surface area contributed by atoms with Gasteiger partial charge in [-0.2, -0.15) is 0 Å². The van der Waals surface area contributed by atoms with Crippen molar-refractivity contribution in [3.63, 3.8) is 0 Å². The second-order valence-electron chi connectivity index (χ2n) is 8.60. The summed E-state index contributed by atoms with van der Waals surface area (Å²) in [6, 6.07) is 11.6.